The van der Waals surface area contributed by atoms with E-state index in [0.29, 0.717) is 18.2 Å². The predicted octanol–water partition coefficient (Wildman–Crippen LogP) is 5.08. The maximum absolute atomic E-state index is 13.7. The molecule has 0 unspecified atom stereocenters. The molecule has 3 aromatic rings. The first-order chi connectivity index (χ1) is 15.4. The van der Waals surface area contributed by atoms with Crippen LogP contribution in [0.25, 0.3) is 10.9 Å². The molecule has 1 atom stereocenters. The molecule has 0 radical (unpaired) electrons. The highest BCUT2D eigenvalue weighted by Crippen LogP contribution is 2.43. The lowest BCUT2D eigenvalue weighted by atomic mass is 10.0. The third-order valence-corrected chi connectivity index (χ3v) is 7.25. The van der Waals surface area contributed by atoms with Gasteiger partial charge in [-0.15, -0.1) is 0 Å². The van der Waals surface area contributed by atoms with Crippen molar-refractivity contribution < 1.29 is 9.59 Å². The molecule has 2 heterocycles. The minimum absolute atomic E-state index is 0.0486. The molecule has 0 saturated carbocycles. The average Bonchev–Trinajstić information content (AvgIpc) is 2.96. The Labute approximate surface area is 194 Å². The van der Waals surface area contributed by atoms with E-state index >= 15 is 0 Å². The normalized spacial score (nSPS) is 16.3. The van der Waals surface area contributed by atoms with Crippen LogP contribution in [0.5, 0.6) is 0 Å². The second kappa shape index (κ2) is 9.41. The van der Waals surface area contributed by atoms with Crippen molar-refractivity contribution in [1.29, 1.82) is 0 Å². The number of hydrogen-bond acceptors (Lipinski definition) is 3. The molecular formula is C26H31N3O2S. The predicted molar refractivity (Wildman–Crippen MR) is 132 cm³/mol. The zero-order valence-electron chi connectivity index (χ0n) is 19.2. The van der Waals surface area contributed by atoms with Crippen LogP contribution in [0.4, 0.5) is 5.69 Å². The van der Waals surface area contributed by atoms with E-state index in [0.717, 1.165) is 45.6 Å². The number of nitrogens with one attached hydrogen (secondary N) is 1. The van der Waals surface area contributed by atoms with Crippen molar-refractivity contribution >= 4 is 40.2 Å². The van der Waals surface area contributed by atoms with Gasteiger partial charge < -0.3 is 9.88 Å². The highest BCUT2D eigenvalue weighted by Gasteiger charge is 2.39. The number of amides is 2. The van der Waals surface area contributed by atoms with Gasteiger partial charge in [0.15, 0.2) is 0 Å². The first-order valence-corrected chi connectivity index (χ1v) is 12.3. The molecule has 1 aliphatic heterocycles. The summed E-state index contributed by atoms with van der Waals surface area (Å²) < 4.78 is 2.11. The van der Waals surface area contributed by atoms with Crippen molar-refractivity contribution in [2.75, 3.05) is 17.2 Å². The summed E-state index contributed by atoms with van der Waals surface area (Å²) in [6.45, 7) is 6.97. The van der Waals surface area contributed by atoms with Gasteiger partial charge in [0.1, 0.15) is 6.04 Å². The Morgan fingerprint density at radius 2 is 1.97 bits per heavy atom. The topological polar surface area (TPSA) is 54.3 Å². The highest BCUT2D eigenvalue weighted by molar-refractivity contribution is 8.00. The van der Waals surface area contributed by atoms with Crippen LogP contribution in [-0.4, -0.2) is 28.7 Å². The standard InChI is InChI=1S/C26H31N3O2S/c1-5-18-9-8-10-19(15-18)29-22(30)16-32-26-23(20-11-6-7-12-21(20)28(26)4)24(29)25(31)27-14-13-17(2)3/h6-12,15,17,24H,5,13-14,16H2,1-4H3,(H,27,31)/t24-/m1/s1. The number of rotatable bonds is 6. The summed E-state index contributed by atoms with van der Waals surface area (Å²) in [4.78, 5) is 28.9. The van der Waals surface area contributed by atoms with Gasteiger partial charge in [0, 0.05) is 35.7 Å². The molecular weight excluding hydrogens is 418 g/mol. The van der Waals surface area contributed by atoms with Crippen LogP contribution < -0.4 is 10.2 Å². The van der Waals surface area contributed by atoms with E-state index in [1.807, 2.05) is 37.4 Å². The molecule has 168 valence electrons. The van der Waals surface area contributed by atoms with Crippen molar-refractivity contribution in [1.82, 2.24) is 9.88 Å². The number of hydrogen-bond donors (Lipinski definition) is 1. The molecule has 5 nitrogen and oxygen atoms in total. The number of para-hydroxylation sites is 1. The van der Waals surface area contributed by atoms with Crippen LogP contribution in [0.1, 0.15) is 44.4 Å². The zero-order valence-corrected chi connectivity index (χ0v) is 20.0. The maximum Gasteiger partial charge on any atom is 0.247 e. The van der Waals surface area contributed by atoms with Gasteiger partial charge in [0.25, 0.3) is 0 Å². The van der Waals surface area contributed by atoms with Crippen LogP contribution in [0.3, 0.4) is 0 Å². The maximum atomic E-state index is 13.7. The Morgan fingerprint density at radius 1 is 1.19 bits per heavy atom. The first-order valence-electron chi connectivity index (χ1n) is 11.3. The Bertz CT molecular complexity index is 1150. The Kier molecular flexibility index (Phi) is 6.60. The van der Waals surface area contributed by atoms with E-state index in [1.165, 1.54) is 11.8 Å². The summed E-state index contributed by atoms with van der Waals surface area (Å²) in [5.74, 6) is 0.615. The van der Waals surface area contributed by atoms with Crippen LogP contribution in [0.15, 0.2) is 53.6 Å². The Balaban J connectivity index is 1.88. The lowest BCUT2D eigenvalue weighted by Gasteiger charge is -2.30. The largest absolute Gasteiger partial charge is 0.354 e. The van der Waals surface area contributed by atoms with E-state index in [-0.39, 0.29) is 11.8 Å². The third-order valence-electron chi connectivity index (χ3n) is 6.09. The van der Waals surface area contributed by atoms with Gasteiger partial charge in [-0.1, -0.05) is 62.9 Å². The SMILES string of the molecule is CCc1cccc(N2C(=O)CSc3c(c4ccccc4n3C)[C@@H]2C(=O)NCCC(C)C)c1. The number of carbonyl (C=O) groups is 2. The van der Waals surface area contributed by atoms with Gasteiger partial charge >= 0.3 is 0 Å². The zero-order chi connectivity index (χ0) is 22.8. The molecule has 0 fully saturated rings. The molecule has 4 rings (SSSR count). The molecule has 2 amide bonds. The molecule has 32 heavy (non-hydrogen) atoms. The average molecular weight is 450 g/mol. The van der Waals surface area contributed by atoms with Crippen molar-refractivity contribution in [3.05, 3.63) is 59.7 Å². The van der Waals surface area contributed by atoms with Gasteiger partial charge in [0.05, 0.1) is 10.8 Å². The van der Waals surface area contributed by atoms with Gasteiger partial charge in [-0.25, -0.2) is 0 Å². The molecule has 6 heteroatoms. The van der Waals surface area contributed by atoms with Crippen LogP contribution >= 0.6 is 11.8 Å². The van der Waals surface area contributed by atoms with Gasteiger partial charge in [-0.3, -0.25) is 14.5 Å². The van der Waals surface area contributed by atoms with Gasteiger partial charge in [0.2, 0.25) is 11.8 Å². The summed E-state index contributed by atoms with van der Waals surface area (Å²) >= 11 is 1.52. The van der Waals surface area contributed by atoms with Crippen molar-refractivity contribution in [2.24, 2.45) is 13.0 Å². The molecule has 1 N–H and O–H groups in total. The van der Waals surface area contributed by atoms with E-state index < -0.39 is 6.04 Å². The molecule has 0 bridgehead atoms. The summed E-state index contributed by atoms with van der Waals surface area (Å²) in [6.07, 6.45) is 1.77. The summed E-state index contributed by atoms with van der Waals surface area (Å²) in [5, 5.41) is 5.13. The van der Waals surface area contributed by atoms with E-state index in [1.54, 1.807) is 4.90 Å². The van der Waals surface area contributed by atoms with Gasteiger partial charge in [-0.2, -0.15) is 0 Å². The summed E-state index contributed by atoms with van der Waals surface area (Å²) in [7, 11) is 2.01. The minimum Gasteiger partial charge on any atom is -0.354 e. The smallest absolute Gasteiger partial charge is 0.247 e. The fourth-order valence-electron chi connectivity index (χ4n) is 4.36. The number of nitrogens with zero attached hydrogens (tertiary/aromatic N) is 2. The van der Waals surface area contributed by atoms with Crippen LogP contribution in [0.2, 0.25) is 0 Å². The number of carbonyl (C=O) groups excluding carboxylic acids is 2. The summed E-state index contributed by atoms with van der Waals surface area (Å²) in [6, 6.07) is 15.4. The van der Waals surface area contributed by atoms with Crippen LogP contribution in [0, 0.1) is 5.92 Å². The number of aryl methyl sites for hydroxylation is 2. The molecule has 0 spiro atoms. The van der Waals surface area contributed by atoms with Crippen LogP contribution in [-0.2, 0) is 23.1 Å². The second-order valence-electron chi connectivity index (χ2n) is 8.75. The van der Waals surface area contributed by atoms with Crippen molar-refractivity contribution in [2.45, 2.75) is 44.7 Å². The van der Waals surface area contributed by atoms with Crippen molar-refractivity contribution in [3.8, 4) is 0 Å². The third kappa shape index (κ3) is 4.16. The minimum atomic E-state index is -0.710. The number of aromatic nitrogens is 1. The first kappa shape index (κ1) is 22.5. The Hall–Kier alpha value is -2.73. The fourth-order valence-corrected chi connectivity index (χ4v) is 5.43. The van der Waals surface area contributed by atoms with Gasteiger partial charge in [-0.05, 0) is 42.5 Å². The summed E-state index contributed by atoms with van der Waals surface area (Å²) in [5.41, 5.74) is 3.91. The molecule has 2 aromatic carbocycles. The Morgan fingerprint density at radius 3 is 2.72 bits per heavy atom. The molecule has 1 aliphatic rings. The van der Waals surface area contributed by atoms with Crippen molar-refractivity contribution in [3.63, 3.8) is 0 Å². The second-order valence-corrected chi connectivity index (χ2v) is 9.71. The number of thioether (sulfide) groups is 1. The lowest BCUT2D eigenvalue weighted by Crippen LogP contribution is -2.44. The van der Waals surface area contributed by atoms with E-state index in [2.05, 4.69) is 48.9 Å². The molecule has 1 aromatic heterocycles. The monoisotopic (exact) mass is 449 g/mol. The van der Waals surface area contributed by atoms with E-state index in [4.69, 9.17) is 0 Å². The van der Waals surface area contributed by atoms with E-state index in [9.17, 15) is 9.59 Å². The number of fused-ring (bicyclic) bond motifs is 3. The quantitative estimate of drug-likeness (QED) is 0.571. The molecule has 0 aliphatic carbocycles. The lowest BCUT2D eigenvalue weighted by molar-refractivity contribution is -0.125. The fraction of sp³-hybridized carbons (Fsp3) is 0.385. The number of benzene rings is 2. The highest BCUT2D eigenvalue weighted by atomic mass is 32.2. The molecule has 0 saturated heterocycles. The number of anilines is 1.